The number of ether oxygens (including phenoxy) is 1. The third kappa shape index (κ3) is 4.35. The number of aromatic nitrogens is 1. The van der Waals surface area contributed by atoms with E-state index < -0.39 is 36.2 Å². The van der Waals surface area contributed by atoms with Gasteiger partial charge in [0.2, 0.25) is 0 Å². The Labute approximate surface area is 141 Å². The third-order valence-corrected chi connectivity index (χ3v) is 4.28. The fourth-order valence-corrected chi connectivity index (χ4v) is 2.94. The molecule has 2 aromatic rings. The molecule has 0 bridgehead atoms. The van der Waals surface area contributed by atoms with Crippen molar-refractivity contribution in [1.29, 1.82) is 0 Å². The van der Waals surface area contributed by atoms with Crippen molar-refractivity contribution in [3.05, 3.63) is 51.0 Å². The van der Waals surface area contributed by atoms with Gasteiger partial charge in [0.15, 0.2) is 6.61 Å². The molecule has 0 saturated heterocycles. The highest BCUT2D eigenvalue weighted by Crippen LogP contribution is 2.19. The number of amides is 1. The third-order valence-electron chi connectivity index (χ3n) is 3.23. The van der Waals surface area contributed by atoms with E-state index in [0.29, 0.717) is 10.6 Å². The number of nitrogens with zero attached hydrogens (tertiary/aromatic N) is 1. The number of benzene rings is 1. The second-order valence-electron chi connectivity index (χ2n) is 5.18. The molecule has 1 N–H and O–H groups in total. The Bertz CT molecular complexity index is 777. The number of carbonyl (C=O) groups is 2. The molecule has 5 nitrogen and oxygen atoms in total. The second kappa shape index (κ2) is 7.48. The highest BCUT2D eigenvalue weighted by atomic mass is 32.1. The molecule has 0 radical (unpaired) electrons. The molecule has 2 rings (SSSR count). The van der Waals surface area contributed by atoms with Gasteiger partial charge in [-0.2, -0.15) is 0 Å². The van der Waals surface area contributed by atoms with Crippen molar-refractivity contribution in [1.82, 2.24) is 10.3 Å². The normalized spacial score (nSPS) is 11.9. The number of halogens is 2. The molecule has 0 aliphatic carbocycles. The first-order valence-corrected chi connectivity index (χ1v) is 7.95. The van der Waals surface area contributed by atoms with Crippen LogP contribution in [0.25, 0.3) is 0 Å². The smallest absolute Gasteiger partial charge is 0.350 e. The molecule has 0 unspecified atom stereocenters. The summed E-state index contributed by atoms with van der Waals surface area (Å²) in [4.78, 5) is 28.2. The molecule has 1 heterocycles. The summed E-state index contributed by atoms with van der Waals surface area (Å²) in [6.45, 7) is 4.49. The van der Waals surface area contributed by atoms with E-state index in [-0.39, 0.29) is 5.56 Å². The van der Waals surface area contributed by atoms with Gasteiger partial charge in [-0.25, -0.2) is 18.6 Å². The molecule has 0 saturated carbocycles. The van der Waals surface area contributed by atoms with E-state index in [0.717, 1.165) is 17.1 Å². The Morgan fingerprint density at radius 2 is 2.04 bits per heavy atom. The van der Waals surface area contributed by atoms with Crippen LogP contribution in [-0.4, -0.2) is 23.5 Å². The van der Waals surface area contributed by atoms with Gasteiger partial charge >= 0.3 is 5.97 Å². The lowest BCUT2D eigenvalue weighted by Crippen LogP contribution is -2.31. The average molecular weight is 354 g/mol. The van der Waals surface area contributed by atoms with Crippen molar-refractivity contribution < 1.29 is 23.1 Å². The molecule has 1 aromatic heterocycles. The van der Waals surface area contributed by atoms with Crippen molar-refractivity contribution in [3.63, 3.8) is 0 Å². The molecular weight excluding hydrogens is 338 g/mol. The molecule has 1 amide bonds. The van der Waals surface area contributed by atoms with Crippen LogP contribution in [0, 0.1) is 25.5 Å². The lowest BCUT2D eigenvalue weighted by molar-refractivity contribution is -0.124. The summed E-state index contributed by atoms with van der Waals surface area (Å²) in [6.07, 6.45) is 0. The minimum atomic E-state index is -0.754. The standard InChI is InChI=1S/C16H16F2N2O3S/c1-8(12-5-4-11(17)6-13(12)18)20-14(21)7-23-16(22)15-9(2)19-10(3)24-15/h4-6,8H,7H2,1-3H3,(H,20,21)/t8-/m1/s1. The van der Waals surface area contributed by atoms with Gasteiger partial charge in [-0.1, -0.05) is 6.07 Å². The van der Waals surface area contributed by atoms with Crippen molar-refractivity contribution >= 4 is 23.2 Å². The molecule has 0 aliphatic heterocycles. The van der Waals surface area contributed by atoms with Crippen molar-refractivity contribution in [2.45, 2.75) is 26.8 Å². The van der Waals surface area contributed by atoms with Crippen LogP contribution in [0.3, 0.4) is 0 Å². The number of hydrogen-bond donors (Lipinski definition) is 1. The van der Waals surface area contributed by atoms with E-state index in [2.05, 4.69) is 10.3 Å². The number of rotatable bonds is 5. The number of esters is 1. The molecular formula is C16H16F2N2O3S. The molecule has 8 heteroatoms. The molecule has 128 valence electrons. The van der Waals surface area contributed by atoms with Gasteiger partial charge in [0.05, 0.1) is 16.7 Å². The molecule has 0 aliphatic rings. The van der Waals surface area contributed by atoms with Crippen LogP contribution in [0.15, 0.2) is 18.2 Å². The minimum absolute atomic E-state index is 0.144. The first-order valence-electron chi connectivity index (χ1n) is 7.13. The van der Waals surface area contributed by atoms with E-state index in [1.54, 1.807) is 20.8 Å². The van der Waals surface area contributed by atoms with Gasteiger partial charge in [0, 0.05) is 11.6 Å². The quantitative estimate of drug-likeness (QED) is 0.838. The van der Waals surface area contributed by atoms with Crippen LogP contribution >= 0.6 is 11.3 Å². The zero-order chi connectivity index (χ0) is 17.9. The summed E-state index contributed by atoms with van der Waals surface area (Å²) in [5.74, 6) is -2.66. The van der Waals surface area contributed by atoms with Crippen molar-refractivity contribution in [2.24, 2.45) is 0 Å². The lowest BCUT2D eigenvalue weighted by Gasteiger charge is -2.15. The summed E-state index contributed by atoms with van der Waals surface area (Å²) in [6, 6.07) is 2.41. The Morgan fingerprint density at radius 1 is 1.33 bits per heavy atom. The van der Waals surface area contributed by atoms with E-state index in [1.165, 1.54) is 17.4 Å². The zero-order valence-corrected chi connectivity index (χ0v) is 14.2. The van der Waals surface area contributed by atoms with E-state index >= 15 is 0 Å². The fraction of sp³-hybridized carbons (Fsp3) is 0.312. The highest BCUT2D eigenvalue weighted by Gasteiger charge is 2.18. The maximum Gasteiger partial charge on any atom is 0.350 e. The van der Waals surface area contributed by atoms with Crippen LogP contribution in [0.1, 0.15) is 38.9 Å². The van der Waals surface area contributed by atoms with E-state index in [1.807, 2.05) is 0 Å². The van der Waals surface area contributed by atoms with E-state index in [9.17, 15) is 18.4 Å². The van der Waals surface area contributed by atoms with Gasteiger partial charge in [-0.15, -0.1) is 11.3 Å². The summed E-state index contributed by atoms with van der Waals surface area (Å²) in [5.41, 5.74) is 0.690. The largest absolute Gasteiger partial charge is 0.451 e. The summed E-state index contributed by atoms with van der Waals surface area (Å²) in [5, 5.41) is 3.22. The highest BCUT2D eigenvalue weighted by molar-refractivity contribution is 7.13. The van der Waals surface area contributed by atoms with Crippen molar-refractivity contribution in [3.8, 4) is 0 Å². The Kier molecular flexibility index (Phi) is 5.61. The number of hydrogen-bond acceptors (Lipinski definition) is 5. The second-order valence-corrected chi connectivity index (χ2v) is 6.38. The zero-order valence-electron chi connectivity index (χ0n) is 13.4. The summed E-state index contributed by atoms with van der Waals surface area (Å²) >= 11 is 1.19. The number of carbonyl (C=O) groups excluding carboxylic acids is 2. The summed E-state index contributed by atoms with van der Waals surface area (Å²) < 4.78 is 31.5. The van der Waals surface area contributed by atoms with Gasteiger partial charge < -0.3 is 10.1 Å². The Balaban J connectivity index is 1.91. The Hall–Kier alpha value is -2.35. The average Bonchev–Trinajstić information content (AvgIpc) is 2.83. The maximum atomic E-state index is 13.7. The molecule has 0 fully saturated rings. The SMILES string of the molecule is Cc1nc(C)c(C(=O)OCC(=O)N[C@H](C)c2ccc(F)cc2F)s1. The van der Waals surface area contributed by atoms with Crippen LogP contribution in [0.4, 0.5) is 8.78 Å². The Morgan fingerprint density at radius 3 is 2.62 bits per heavy atom. The van der Waals surface area contributed by atoms with Gasteiger partial charge in [-0.05, 0) is 26.8 Å². The van der Waals surface area contributed by atoms with E-state index in [4.69, 9.17) is 4.74 Å². The lowest BCUT2D eigenvalue weighted by atomic mass is 10.1. The number of nitrogens with one attached hydrogen (secondary N) is 1. The van der Waals surface area contributed by atoms with Crippen molar-refractivity contribution in [2.75, 3.05) is 6.61 Å². The first kappa shape index (κ1) is 18.0. The molecule has 1 aromatic carbocycles. The molecule has 1 atom stereocenters. The topological polar surface area (TPSA) is 68.3 Å². The number of aryl methyl sites for hydroxylation is 2. The predicted octanol–water partition coefficient (Wildman–Crippen LogP) is 3.07. The molecule has 0 spiro atoms. The van der Waals surface area contributed by atoms with Gasteiger partial charge in [0.25, 0.3) is 5.91 Å². The monoisotopic (exact) mass is 354 g/mol. The fourth-order valence-electron chi connectivity index (χ4n) is 2.13. The number of thiazole rings is 1. The van der Waals surface area contributed by atoms with Crippen LogP contribution < -0.4 is 5.32 Å². The minimum Gasteiger partial charge on any atom is -0.451 e. The summed E-state index contributed by atoms with van der Waals surface area (Å²) in [7, 11) is 0. The maximum absolute atomic E-state index is 13.7. The van der Waals surface area contributed by atoms with Crippen LogP contribution in [-0.2, 0) is 9.53 Å². The van der Waals surface area contributed by atoms with Gasteiger partial charge in [-0.3, -0.25) is 4.79 Å². The molecule has 24 heavy (non-hydrogen) atoms. The first-order chi connectivity index (χ1) is 11.3. The predicted molar refractivity (Wildman–Crippen MR) is 84.8 cm³/mol. The van der Waals surface area contributed by atoms with Crippen LogP contribution in [0.5, 0.6) is 0 Å². The van der Waals surface area contributed by atoms with Gasteiger partial charge in [0.1, 0.15) is 16.5 Å². The van der Waals surface area contributed by atoms with Crippen LogP contribution in [0.2, 0.25) is 0 Å².